The van der Waals surface area contributed by atoms with Crippen molar-refractivity contribution in [2.75, 3.05) is 17.2 Å². The summed E-state index contributed by atoms with van der Waals surface area (Å²) in [5.41, 5.74) is 15.9. The van der Waals surface area contributed by atoms with Gasteiger partial charge < -0.3 is 15.7 Å². The van der Waals surface area contributed by atoms with Crippen LogP contribution < -0.4 is 10.6 Å². The maximum Gasteiger partial charge on any atom is 0.335 e. The van der Waals surface area contributed by atoms with Gasteiger partial charge in [0.2, 0.25) is 0 Å². The number of hydrogen-bond acceptors (Lipinski definition) is 4. The van der Waals surface area contributed by atoms with Gasteiger partial charge >= 0.3 is 5.97 Å². The Morgan fingerprint density at radius 3 is 2.19 bits per heavy atom. The molecule has 0 fully saturated rings. The number of nitrogens with two attached hydrogens (primary N) is 1. The molecule has 0 unspecified atom stereocenters. The van der Waals surface area contributed by atoms with Crippen LogP contribution in [-0.2, 0) is 10.8 Å². The minimum atomic E-state index is -0.935. The number of hydrogen-bond donors (Lipinski definition) is 2. The average Bonchev–Trinajstić information content (AvgIpc) is 2.96. The maximum absolute atomic E-state index is 11.5. The molecule has 5 rings (SSSR count). The van der Waals surface area contributed by atoms with Crippen molar-refractivity contribution < 1.29 is 9.90 Å². The largest absolute Gasteiger partial charge is 0.478 e. The fourth-order valence-electron chi connectivity index (χ4n) is 5.64. The minimum Gasteiger partial charge on any atom is -0.478 e. The topological polar surface area (TPSA) is 78.9 Å². The first kappa shape index (κ1) is 24.1. The van der Waals surface area contributed by atoms with Crippen molar-refractivity contribution >= 4 is 34.4 Å². The van der Waals surface area contributed by atoms with Crippen molar-refractivity contribution in [2.45, 2.75) is 64.7 Å². The molecule has 0 aromatic heterocycles. The van der Waals surface area contributed by atoms with Gasteiger partial charge in [-0.2, -0.15) is 0 Å². The number of carbonyl (C=O) groups is 1. The van der Waals surface area contributed by atoms with Crippen LogP contribution in [0.1, 0.15) is 86.5 Å². The number of rotatable bonds is 4. The Hall–Kier alpha value is -3.60. The zero-order valence-corrected chi connectivity index (χ0v) is 21.9. The molecule has 0 saturated heterocycles. The lowest BCUT2D eigenvalue weighted by Gasteiger charge is -2.43. The monoisotopic (exact) mass is 481 g/mol. The molecule has 5 nitrogen and oxygen atoms in total. The molecule has 0 bridgehead atoms. The van der Waals surface area contributed by atoms with Gasteiger partial charge in [-0.1, -0.05) is 46.8 Å². The van der Waals surface area contributed by atoms with Crippen LogP contribution in [0.4, 0.5) is 22.7 Å². The molecule has 1 aliphatic carbocycles. The van der Waals surface area contributed by atoms with Gasteiger partial charge in [-0.3, -0.25) is 0 Å². The third kappa shape index (κ3) is 3.97. The highest BCUT2D eigenvalue weighted by atomic mass is 16.4. The third-order valence-electron chi connectivity index (χ3n) is 7.89. The van der Waals surface area contributed by atoms with Crippen molar-refractivity contribution in [1.82, 2.24) is 0 Å². The molecule has 2 aliphatic rings. The van der Waals surface area contributed by atoms with Gasteiger partial charge in [-0.25, -0.2) is 9.79 Å². The first-order valence-corrected chi connectivity index (χ1v) is 12.8. The summed E-state index contributed by atoms with van der Waals surface area (Å²) in [5, 5.41) is 9.43. The van der Waals surface area contributed by atoms with Gasteiger partial charge in [0.25, 0.3) is 0 Å². The Morgan fingerprint density at radius 1 is 0.944 bits per heavy atom. The van der Waals surface area contributed by atoms with E-state index < -0.39 is 5.97 Å². The van der Waals surface area contributed by atoms with E-state index >= 15 is 0 Å². The number of anilines is 3. The fourth-order valence-corrected chi connectivity index (χ4v) is 5.64. The van der Waals surface area contributed by atoms with Gasteiger partial charge in [-0.05, 0) is 83.7 Å². The number of aliphatic imine (C=N–C) groups is 1. The molecule has 3 aromatic rings. The SMILES string of the molecule is CCCN1c2ccc(N)cc2N=C(c2ccc(C(=O)O)cc2)c2cc3c(cc21)C(C)(C)CCC3(C)C. The number of benzene rings is 3. The zero-order valence-electron chi connectivity index (χ0n) is 21.9. The summed E-state index contributed by atoms with van der Waals surface area (Å²) >= 11 is 0. The van der Waals surface area contributed by atoms with Gasteiger partial charge in [-0.15, -0.1) is 0 Å². The Bertz CT molecular complexity index is 1380. The quantitative estimate of drug-likeness (QED) is 0.382. The number of carboxylic acids is 1. The minimum absolute atomic E-state index is 0.0529. The van der Waals surface area contributed by atoms with Crippen LogP contribution in [0.5, 0.6) is 0 Å². The van der Waals surface area contributed by atoms with Gasteiger partial charge in [0.05, 0.1) is 28.3 Å². The van der Waals surface area contributed by atoms with Crippen molar-refractivity contribution in [1.29, 1.82) is 0 Å². The van der Waals surface area contributed by atoms with E-state index in [9.17, 15) is 9.90 Å². The summed E-state index contributed by atoms with van der Waals surface area (Å²) in [7, 11) is 0. The Labute approximate surface area is 213 Å². The Kier molecular flexibility index (Phi) is 5.70. The second-order valence-corrected chi connectivity index (χ2v) is 11.4. The average molecular weight is 482 g/mol. The maximum atomic E-state index is 11.5. The molecular formula is C31H35N3O2. The fraction of sp³-hybridized carbons (Fsp3) is 0.355. The molecule has 186 valence electrons. The van der Waals surface area contributed by atoms with Crippen molar-refractivity contribution in [3.63, 3.8) is 0 Å². The summed E-state index contributed by atoms with van der Waals surface area (Å²) in [6, 6.07) is 17.7. The van der Waals surface area contributed by atoms with Crippen LogP contribution in [0.3, 0.4) is 0 Å². The van der Waals surface area contributed by atoms with E-state index in [0.29, 0.717) is 5.69 Å². The zero-order chi connectivity index (χ0) is 25.8. The number of fused-ring (bicyclic) bond motifs is 3. The second kappa shape index (κ2) is 8.51. The molecular weight excluding hydrogens is 446 g/mol. The molecule has 0 atom stereocenters. The van der Waals surface area contributed by atoms with Crippen LogP contribution >= 0.6 is 0 Å². The Balaban J connectivity index is 1.85. The number of nitrogens with zero attached hydrogens (tertiary/aromatic N) is 2. The first-order valence-electron chi connectivity index (χ1n) is 12.8. The smallest absolute Gasteiger partial charge is 0.335 e. The number of aromatic carboxylic acids is 1. The summed E-state index contributed by atoms with van der Waals surface area (Å²) in [4.78, 5) is 19.1. The molecule has 1 aliphatic heterocycles. The van der Waals surface area contributed by atoms with Crippen LogP contribution in [0.15, 0.2) is 59.6 Å². The highest BCUT2D eigenvalue weighted by Gasteiger charge is 2.39. The molecule has 3 N–H and O–H groups in total. The molecule has 0 spiro atoms. The van der Waals surface area contributed by atoms with E-state index in [2.05, 4.69) is 57.7 Å². The molecule has 1 heterocycles. The van der Waals surface area contributed by atoms with Crippen molar-refractivity contribution in [3.05, 3.63) is 82.4 Å². The van der Waals surface area contributed by atoms with Crippen LogP contribution in [0.25, 0.3) is 0 Å². The molecule has 36 heavy (non-hydrogen) atoms. The lowest BCUT2D eigenvalue weighted by Crippen LogP contribution is -2.35. The standard InChI is InChI=1S/C31H35N3O2/c1-6-15-34-26-12-11-21(32)16-25(26)33-28(19-7-9-20(10-8-19)29(35)36)22-17-23-24(18-27(22)34)31(4,5)14-13-30(23,2)3/h7-12,16-18H,6,13-15,32H2,1-5H3,(H,35,36). The Morgan fingerprint density at radius 2 is 1.58 bits per heavy atom. The van der Waals surface area contributed by atoms with Gasteiger partial charge in [0.15, 0.2) is 0 Å². The number of carboxylic acid groups (broad SMARTS) is 1. The summed E-state index contributed by atoms with van der Waals surface area (Å²) in [6.45, 7) is 12.4. The van der Waals surface area contributed by atoms with Crippen LogP contribution in [-0.4, -0.2) is 23.3 Å². The number of nitrogen functional groups attached to an aromatic ring is 1. The van der Waals surface area contributed by atoms with E-state index in [1.54, 1.807) is 12.1 Å². The predicted octanol–water partition coefficient (Wildman–Crippen LogP) is 7.35. The third-order valence-corrected chi connectivity index (χ3v) is 7.89. The highest BCUT2D eigenvalue weighted by Crippen LogP contribution is 2.50. The molecule has 0 amide bonds. The normalized spacial score (nSPS) is 17.4. The van der Waals surface area contributed by atoms with E-state index in [1.165, 1.54) is 11.1 Å². The van der Waals surface area contributed by atoms with Gasteiger partial charge in [0, 0.05) is 23.4 Å². The second-order valence-electron chi connectivity index (χ2n) is 11.4. The van der Waals surface area contributed by atoms with Crippen LogP contribution in [0.2, 0.25) is 0 Å². The van der Waals surface area contributed by atoms with E-state index in [0.717, 1.165) is 59.7 Å². The van der Waals surface area contributed by atoms with E-state index in [4.69, 9.17) is 10.7 Å². The van der Waals surface area contributed by atoms with Crippen molar-refractivity contribution in [3.8, 4) is 0 Å². The first-order chi connectivity index (χ1) is 17.0. The van der Waals surface area contributed by atoms with Crippen LogP contribution in [0, 0.1) is 0 Å². The molecule has 0 radical (unpaired) electrons. The van der Waals surface area contributed by atoms with E-state index in [1.807, 2.05) is 24.3 Å². The molecule has 0 saturated carbocycles. The summed E-state index contributed by atoms with van der Waals surface area (Å²) in [5.74, 6) is -0.935. The van der Waals surface area contributed by atoms with Gasteiger partial charge in [0.1, 0.15) is 0 Å². The summed E-state index contributed by atoms with van der Waals surface area (Å²) < 4.78 is 0. The highest BCUT2D eigenvalue weighted by molar-refractivity contribution is 6.19. The lowest BCUT2D eigenvalue weighted by atomic mass is 9.62. The van der Waals surface area contributed by atoms with Crippen molar-refractivity contribution in [2.24, 2.45) is 4.99 Å². The molecule has 5 heteroatoms. The lowest BCUT2D eigenvalue weighted by molar-refractivity contribution is 0.0697. The molecule has 3 aromatic carbocycles. The van der Waals surface area contributed by atoms with E-state index in [-0.39, 0.29) is 16.4 Å². The predicted molar refractivity (Wildman–Crippen MR) is 149 cm³/mol. The summed E-state index contributed by atoms with van der Waals surface area (Å²) in [6.07, 6.45) is 3.25.